The standard InChI is InChI=1S/C19H22O6/c1-25-13-10-12-6-5-9-16(22)19(24)15(21)8-4-2-3-7-14(20)18(12)17(23)11-13/h4-6,8,10-11,16,19,22-24H,2-3,7,9H2,1H3/b6-5?,8-4+/t16?,19-/m1/s1. The quantitative estimate of drug-likeness (QED) is 0.719. The lowest BCUT2D eigenvalue weighted by molar-refractivity contribution is -0.127. The van der Waals surface area contributed by atoms with Crippen LogP contribution in [-0.4, -0.2) is 46.2 Å². The Labute approximate surface area is 146 Å². The number of rotatable bonds is 1. The average molecular weight is 346 g/mol. The summed E-state index contributed by atoms with van der Waals surface area (Å²) >= 11 is 0. The SMILES string of the molecule is COc1cc(O)c2c(c1)C=CCC(O)[C@H](O)C(=O)/C=C/CCCC2=O. The van der Waals surface area contributed by atoms with E-state index < -0.39 is 18.0 Å². The summed E-state index contributed by atoms with van der Waals surface area (Å²) in [6.07, 6.45) is 4.36. The summed E-state index contributed by atoms with van der Waals surface area (Å²) in [5, 5.41) is 29.9. The Kier molecular flexibility index (Phi) is 6.50. The lowest BCUT2D eigenvalue weighted by Gasteiger charge is -2.14. The Morgan fingerprint density at radius 1 is 1.12 bits per heavy atom. The predicted octanol–water partition coefficient (Wildman–Crippen LogP) is 2.02. The van der Waals surface area contributed by atoms with Crippen LogP contribution in [0.5, 0.6) is 11.5 Å². The summed E-state index contributed by atoms with van der Waals surface area (Å²) in [5.74, 6) is -0.544. The maximum absolute atomic E-state index is 12.5. The van der Waals surface area contributed by atoms with Crippen molar-refractivity contribution in [2.75, 3.05) is 7.11 Å². The van der Waals surface area contributed by atoms with Gasteiger partial charge in [0.05, 0.1) is 18.8 Å². The molecule has 6 nitrogen and oxygen atoms in total. The molecule has 0 saturated heterocycles. The maximum atomic E-state index is 12.5. The van der Waals surface area contributed by atoms with Gasteiger partial charge < -0.3 is 20.1 Å². The lowest BCUT2D eigenvalue weighted by atomic mass is 9.96. The minimum absolute atomic E-state index is 0.0202. The molecule has 0 saturated carbocycles. The topological polar surface area (TPSA) is 104 Å². The normalized spacial score (nSPS) is 23.6. The molecule has 0 radical (unpaired) electrons. The summed E-state index contributed by atoms with van der Waals surface area (Å²) in [4.78, 5) is 24.2. The second-order valence-electron chi connectivity index (χ2n) is 5.88. The molecule has 2 rings (SSSR count). The molecular weight excluding hydrogens is 324 g/mol. The number of aliphatic hydroxyl groups is 2. The van der Waals surface area contributed by atoms with Crippen molar-refractivity contribution in [2.24, 2.45) is 0 Å². The molecule has 134 valence electrons. The van der Waals surface area contributed by atoms with Crippen molar-refractivity contribution in [1.82, 2.24) is 0 Å². The first-order chi connectivity index (χ1) is 11.9. The first-order valence-electron chi connectivity index (χ1n) is 8.11. The number of carbonyl (C=O) groups excluding carboxylic acids is 2. The van der Waals surface area contributed by atoms with Crippen LogP contribution in [0.25, 0.3) is 6.08 Å². The monoisotopic (exact) mass is 346 g/mol. The zero-order chi connectivity index (χ0) is 18.4. The number of phenolic OH excluding ortho intramolecular Hbond substituents is 1. The molecule has 1 aromatic carbocycles. The molecule has 0 amide bonds. The van der Waals surface area contributed by atoms with Crippen LogP contribution in [-0.2, 0) is 4.79 Å². The van der Waals surface area contributed by atoms with Gasteiger partial charge in [0.15, 0.2) is 11.6 Å². The van der Waals surface area contributed by atoms with Gasteiger partial charge in [0.1, 0.15) is 17.6 Å². The van der Waals surface area contributed by atoms with E-state index >= 15 is 0 Å². The molecule has 0 aromatic heterocycles. The molecule has 0 spiro atoms. The fourth-order valence-corrected chi connectivity index (χ4v) is 2.63. The van der Waals surface area contributed by atoms with Crippen molar-refractivity contribution in [2.45, 2.75) is 37.9 Å². The van der Waals surface area contributed by atoms with Crippen LogP contribution in [0.3, 0.4) is 0 Å². The van der Waals surface area contributed by atoms with Crippen molar-refractivity contribution in [3.8, 4) is 11.5 Å². The first kappa shape index (κ1) is 18.9. The molecule has 0 fully saturated rings. The highest BCUT2D eigenvalue weighted by Crippen LogP contribution is 2.30. The van der Waals surface area contributed by atoms with Crippen molar-refractivity contribution >= 4 is 17.6 Å². The van der Waals surface area contributed by atoms with Gasteiger partial charge in [0, 0.05) is 12.5 Å². The smallest absolute Gasteiger partial charge is 0.186 e. The number of aromatic hydroxyl groups is 1. The number of benzene rings is 1. The molecule has 0 heterocycles. The van der Waals surface area contributed by atoms with Gasteiger partial charge in [-0.05, 0) is 37.0 Å². The number of methoxy groups -OCH3 is 1. The van der Waals surface area contributed by atoms with Gasteiger partial charge in [-0.3, -0.25) is 9.59 Å². The van der Waals surface area contributed by atoms with E-state index in [9.17, 15) is 24.9 Å². The van der Waals surface area contributed by atoms with Gasteiger partial charge in [0.25, 0.3) is 0 Å². The van der Waals surface area contributed by atoms with Crippen LogP contribution < -0.4 is 4.74 Å². The predicted molar refractivity (Wildman–Crippen MR) is 92.7 cm³/mol. The Morgan fingerprint density at radius 3 is 2.60 bits per heavy atom. The zero-order valence-corrected chi connectivity index (χ0v) is 14.0. The Balaban J connectivity index is 2.40. The third-order valence-corrected chi connectivity index (χ3v) is 4.02. The van der Waals surface area contributed by atoms with Crippen molar-refractivity contribution in [1.29, 1.82) is 0 Å². The molecule has 1 aromatic rings. The number of ether oxygens (including phenoxy) is 1. The van der Waals surface area contributed by atoms with Crippen LogP contribution in [0.2, 0.25) is 0 Å². The third kappa shape index (κ3) is 4.78. The number of phenols is 1. The highest BCUT2D eigenvalue weighted by molar-refractivity contribution is 6.02. The number of carbonyl (C=O) groups is 2. The van der Waals surface area contributed by atoms with E-state index in [1.54, 1.807) is 24.3 Å². The minimum atomic E-state index is -1.50. The summed E-state index contributed by atoms with van der Waals surface area (Å²) in [7, 11) is 1.45. The van der Waals surface area contributed by atoms with Gasteiger partial charge in [-0.2, -0.15) is 0 Å². The molecule has 0 bridgehead atoms. The van der Waals surface area contributed by atoms with Crippen LogP contribution in [0.4, 0.5) is 0 Å². The second kappa shape index (κ2) is 8.60. The number of Topliss-reactive ketones (excluding diaryl/α,β-unsaturated/α-hetero) is 1. The molecule has 0 aliphatic heterocycles. The van der Waals surface area contributed by atoms with Crippen LogP contribution >= 0.6 is 0 Å². The number of aliphatic hydroxyl groups excluding tert-OH is 2. The van der Waals surface area contributed by atoms with E-state index in [-0.39, 0.29) is 29.9 Å². The maximum Gasteiger partial charge on any atom is 0.186 e. The van der Waals surface area contributed by atoms with Crippen LogP contribution in [0.15, 0.2) is 30.4 Å². The number of hydrogen-bond acceptors (Lipinski definition) is 6. The van der Waals surface area contributed by atoms with E-state index in [1.165, 1.54) is 19.3 Å². The average Bonchev–Trinajstić information content (AvgIpc) is 2.59. The van der Waals surface area contributed by atoms with E-state index in [2.05, 4.69) is 0 Å². The number of fused-ring (bicyclic) bond motifs is 1. The van der Waals surface area contributed by atoms with E-state index in [0.29, 0.717) is 24.2 Å². The van der Waals surface area contributed by atoms with Gasteiger partial charge in [-0.25, -0.2) is 0 Å². The molecule has 25 heavy (non-hydrogen) atoms. The molecule has 1 aliphatic rings. The Morgan fingerprint density at radius 2 is 1.88 bits per heavy atom. The first-order valence-corrected chi connectivity index (χ1v) is 8.11. The summed E-state index contributed by atoms with van der Waals surface area (Å²) in [5.41, 5.74) is 0.659. The Bertz CT molecular complexity index is 704. The second-order valence-corrected chi connectivity index (χ2v) is 5.88. The third-order valence-electron chi connectivity index (χ3n) is 4.02. The van der Waals surface area contributed by atoms with Gasteiger partial charge >= 0.3 is 0 Å². The lowest BCUT2D eigenvalue weighted by Crippen LogP contribution is -2.32. The van der Waals surface area contributed by atoms with Crippen molar-refractivity contribution in [3.05, 3.63) is 41.5 Å². The summed E-state index contributed by atoms with van der Waals surface area (Å²) < 4.78 is 5.11. The van der Waals surface area contributed by atoms with Crippen LogP contribution in [0, 0.1) is 0 Å². The van der Waals surface area contributed by atoms with Gasteiger partial charge in [0.2, 0.25) is 0 Å². The van der Waals surface area contributed by atoms with Gasteiger partial charge in [-0.1, -0.05) is 18.2 Å². The Hall–Kier alpha value is -2.44. The van der Waals surface area contributed by atoms with E-state index in [1.807, 2.05) is 0 Å². The summed E-state index contributed by atoms with van der Waals surface area (Å²) in [6, 6.07) is 2.99. The molecule has 6 heteroatoms. The summed E-state index contributed by atoms with van der Waals surface area (Å²) in [6.45, 7) is 0. The van der Waals surface area contributed by atoms with E-state index in [4.69, 9.17) is 4.74 Å². The molecular formula is C19H22O6. The zero-order valence-electron chi connectivity index (χ0n) is 14.0. The van der Waals surface area contributed by atoms with Crippen molar-refractivity contribution in [3.63, 3.8) is 0 Å². The number of ketones is 2. The number of hydrogen-bond donors (Lipinski definition) is 3. The fraction of sp³-hybridized carbons (Fsp3) is 0.368. The van der Waals surface area contributed by atoms with Crippen LogP contribution in [0.1, 0.15) is 41.6 Å². The fourth-order valence-electron chi connectivity index (χ4n) is 2.63. The van der Waals surface area contributed by atoms with E-state index in [0.717, 1.165) is 0 Å². The highest BCUT2D eigenvalue weighted by Gasteiger charge is 2.22. The largest absolute Gasteiger partial charge is 0.507 e. The molecule has 2 atom stereocenters. The molecule has 1 aliphatic carbocycles. The van der Waals surface area contributed by atoms with Gasteiger partial charge in [-0.15, -0.1) is 0 Å². The number of allylic oxidation sites excluding steroid dienone is 1. The van der Waals surface area contributed by atoms with Crippen molar-refractivity contribution < 1.29 is 29.6 Å². The minimum Gasteiger partial charge on any atom is -0.507 e. The molecule has 1 unspecified atom stereocenters. The molecule has 3 N–H and O–H groups in total. The highest BCUT2D eigenvalue weighted by atomic mass is 16.5.